The van der Waals surface area contributed by atoms with Crippen LogP contribution in [0.4, 0.5) is 5.69 Å². The molecule has 0 aliphatic carbocycles. The van der Waals surface area contributed by atoms with Crippen LogP contribution in [-0.4, -0.2) is 16.1 Å². The molecule has 0 spiro atoms. The average Bonchev–Trinajstić information content (AvgIpc) is 2.77. The van der Waals surface area contributed by atoms with E-state index in [0.29, 0.717) is 11.4 Å². The highest BCUT2D eigenvalue weighted by atomic mass is 16.2. The van der Waals surface area contributed by atoms with E-state index in [4.69, 9.17) is 5.73 Å². The lowest BCUT2D eigenvalue weighted by Gasteiger charge is -2.01. The van der Waals surface area contributed by atoms with Gasteiger partial charge >= 0.3 is 0 Å². The Labute approximate surface area is 109 Å². The molecule has 5 nitrogen and oxygen atoms in total. The van der Waals surface area contributed by atoms with Crippen molar-refractivity contribution in [1.29, 1.82) is 0 Å². The number of hydrogen-bond acceptors (Lipinski definition) is 3. The Morgan fingerprint density at radius 2 is 1.94 bits per heavy atom. The van der Waals surface area contributed by atoms with Gasteiger partial charge in [-0.3, -0.25) is 9.89 Å². The third-order valence-electron chi connectivity index (χ3n) is 1.56. The first-order chi connectivity index (χ1) is 8.52. The molecule has 1 amide bonds. The minimum absolute atomic E-state index is 0.262. The zero-order valence-electron chi connectivity index (χ0n) is 11.9. The molecule has 0 saturated carbocycles. The summed E-state index contributed by atoms with van der Waals surface area (Å²) in [4.78, 5) is 11.2. The lowest BCUT2D eigenvalue weighted by Crippen LogP contribution is -2.22. The summed E-state index contributed by atoms with van der Waals surface area (Å²) in [6.45, 7) is 13.2. The fourth-order valence-corrected chi connectivity index (χ4v) is 0.734. The maximum absolute atomic E-state index is 11.2. The van der Waals surface area contributed by atoms with Gasteiger partial charge in [0.2, 0.25) is 0 Å². The van der Waals surface area contributed by atoms with Gasteiger partial charge in [-0.25, -0.2) is 0 Å². The maximum Gasteiger partial charge on any atom is 0.275 e. The van der Waals surface area contributed by atoms with E-state index in [1.165, 1.54) is 6.20 Å². The van der Waals surface area contributed by atoms with Gasteiger partial charge in [-0.2, -0.15) is 5.10 Å². The predicted molar refractivity (Wildman–Crippen MR) is 77.1 cm³/mol. The topological polar surface area (TPSA) is 83.8 Å². The molecule has 102 valence electrons. The van der Waals surface area contributed by atoms with Crippen LogP contribution >= 0.6 is 0 Å². The van der Waals surface area contributed by atoms with Crippen molar-refractivity contribution in [2.45, 2.75) is 34.6 Å². The van der Waals surface area contributed by atoms with Gasteiger partial charge in [0.05, 0.1) is 11.9 Å². The van der Waals surface area contributed by atoms with Crippen LogP contribution in [0, 0.1) is 0 Å². The van der Waals surface area contributed by atoms with Crippen LogP contribution < -0.4 is 11.1 Å². The highest BCUT2D eigenvalue weighted by molar-refractivity contribution is 5.97. The number of nitrogens with two attached hydrogens (primary N) is 1. The zero-order valence-corrected chi connectivity index (χ0v) is 11.9. The molecule has 18 heavy (non-hydrogen) atoms. The Hall–Kier alpha value is -2.04. The number of nitrogens with zero attached hydrogens (tertiary/aromatic N) is 1. The molecule has 1 rings (SSSR count). The summed E-state index contributed by atoms with van der Waals surface area (Å²) in [5.74, 6) is -0.322. The van der Waals surface area contributed by atoms with Gasteiger partial charge in [0.1, 0.15) is 5.69 Å². The number of carbonyl (C=O) groups excluding carboxylic acids is 1. The minimum Gasteiger partial charge on any atom is -0.396 e. The van der Waals surface area contributed by atoms with Crippen LogP contribution in [0.15, 0.2) is 30.6 Å². The molecule has 5 heteroatoms. The molecule has 0 atom stereocenters. The standard InChI is InChI=1S/C7H10N4O.C4H8.C2H6/c1-4(2)10-7(12)6-5(8)3-9-11-6;1-3-4-2;1-2/h3H,1,8H2,2H3,(H,9,11)(H,10,12);3-4H,1-2H3;1-2H3/b;4-3-;. The van der Waals surface area contributed by atoms with Gasteiger partial charge in [-0.05, 0) is 20.8 Å². The predicted octanol–water partition coefficient (Wildman–Crippen LogP) is 2.86. The summed E-state index contributed by atoms with van der Waals surface area (Å²) >= 11 is 0. The van der Waals surface area contributed by atoms with Crippen molar-refractivity contribution in [3.05, 3.63) is 36.3 Å². The van der Waals surface area contributed by atoms with Crippen LogP contribution in [0.5, 0.6) is 0 Å². The number of allylic oxidation sites excluding steroid dienone is 3. The molecular formula is C13H24N4O. The molecule has 0 fully saturated rings. The Morgan fingerprint density at radius 3 is 2.22 bits per heavy atom. The molecule has 0 aliphatic heterocycles. The molecule has 1 heterocycles. The second-order valence-electron chi connectivity index (χ2n) is 3.10. The number of aromatic amines is 1. The number of carbonyl (C=O) groups is 1. The number of hydrogen-bond donors (Lipinski definition) is 3. The number of amides is 1. The van der Waals surface area contributed by atoms with Gasteiger partial charge in [-0.1, -0.05) is 32.6 Å². The Morgan fingerprint density at radius 1 is 1.44 bits per heavy atom. The van der Waals surface area contributed by atoms with Crippen LogP contribution in [-0.2, 0) is 0 Å². The largest absolute Gasteiger partial charge is 0.396 e. The number of H-pyrrole nitrogens is 1. The monoisotopic (exact) mass is 252 g/mol. The summed E-state index contributed by atoms with van der Waals surface area (Å²) in [6, 6.07) is 0. The molecule has 0 bridgehead atoms. The van der Waals surface area contributed by atoms with Crippen molar-refractivity contribution >= 4 is 11.6 Å². The van der Waals surface area contributed by atoms with Crippen molar-refractivity contribution in [1.82, 2.24) is 15.5 Å². The van der Waals surface area contributed by atoms with Gasteiger partial charge < -0.3 is 11.1 Å². The number of anilines is 1. The summed E-state index contributed by atoms with van der Waals surface area (Å²) < 4.78 is 0. The molecule has 1 aromatic rings. The van der Waals surface area contributed by atoms with Crippen LogP contribution in [0.1, 0.15) is 45.1 Å². The molecule has 4 N–H and O–H groups in total. The Balaban J connectivity index is 0. The normalized spacial score (nSPS) is 8.72. The number of rotatable bonds is 2. The summed E-state index contributed by atoms with van der Waals surface area (Å²) in [5.41, 5.74) is 6.59. The van der Waals surface area contributed by atoms with E-state index in [9.17, 15) is 4.79 Å². The highest BCUT2D eigenvalue weighted by Crippen LogP contribution is 2.05. The smallest absolute Gasteiger partial charge is 0.275 e. The van der Waals surface area contributed by atoms with E-state index in [0.717, 1.165) is 0 Å². The molecule has 0 radical (unpaired) electrons. The second kappa shape index (κ2) is 11.4. The first-order valence-electron chi connectivity index (χ1n) is 5.85. The van der Waals surface area contributed by atoms with Gasteiger partial charge in [0, 0.05) is 5.70 Å². The Bertz CT molecular complexity index is 376. The first-order valence-corrected chi connectivity index (χ1v) is 5.85. The summed E-state index contributed by atoms with van der Waals surface area (Å²) in [6.07, 6.45) is 5.38. The van der Waals surface area contributed by atoms with E-state index in [1.54, 1.807) is 6.92 Å². The van der Waals surface area contributed by atoms with Crippen molar-refractivity contribution in [2.75, 3.05) is 5.73 Å². The van der Waals surface area contributed by atoms with E-state index in [1.807, 2.05) is 39.8 Å². The maximum atomic E-state index is 11.2. The molecule has 1 aromatic heterocycles. The Kier molecular flexibility index (Phi) is 11.7. The van der Waals surface area contributed by atoms with Crippen molar-refractivity contribution in [3.8, 4) is 0 Å². The zero-order chi connectivity index (χ0) is 14.6. The van der Waals surface area contributed by atoms with Crippen LogP contribution in [0.2, 0.25) is 0 Å². The van der Waals surface area contributed by atoms with Crippen molar-refractivity contribution in [2.24, 2.45) is 0 Å². The molecule has 0 saturated heterocycles. The first kappa shape index (κ1) is 18.3. The van der Waals surface area contributed by atoms with Crippen LogP contribution in [0.3, 0.4) is 0 Å². The molecule has 0 aromatic carbocycles. The van der Waals surface area contributed by atoms with Gasteiger partial charge in [0.15, 0.2) is 0 Å². The SMILES string of the molecule is C/C=C\C.C=C(C)NC(=O)c1[nH]ncc1N.CC. The lowest BCUT2D eigenvalue weighted by atomic mass is 10.3. The lowest BCUT2D eigenvalue weighted by molar-refractivity contribution is 0.0962. The number of nitrogen functional groups attached to an aromatic ring is 1. The molecule has 0 aliphatic rings. The van der Waals surface area contributed by atoms with Crippen LogP contribution in [0.25, 0.3) is 0 Å². The van der Waals surface area contributed by atoms with E-state index >= 15 is 0 Å². The molecule has 0 unspecified atom stereocenters. The number of aromatic nitrogens is 2. The third-order valence-corrected chi connectivity index (χ3v) is 1.56. The summed E-state index contributed by atoms with van der Waals surface area (Å²) in [7, 11) is 0. The third kappa shape index (κ3) is 8.15. The number of nitrogens with one attached hydrogen (secondary N) is 2. The average molecular weight is 252 g/mol. The van der Waals surface area contributed by atoms with Gasteiger partial charge in [-0.15, -0.1) is 0 Å². The highest BCUT2D eigenvalue weighted by Gasteiger charge is 2.10. The van der Waals surface area contributed by atoms with E-state index < -0.39 is 0 Å². The molecular weight excluding hydrogens is 228 g/mol. The van der Waals surface area contributed by atoms with Crippen molar-refractivity contribution < 1.29 is 4.79 Å². The van der Waals surface area contributed by atoms with E-state index in [-0.39, 0.29) is 11.6 Å². The van der Waals surface area contributed by atoms with Crippen molar-refractivity contribution in [3.63, 3.8) is 0 Å². The van der Waals surface area contributed by atoms with Gasteiger partial charge in [0.25, 0.3) is 5.91 Å². The fourth-order valence-electron chi connectivity index (χ4n) is 0.734. The minimum atomic E-state index is -0.322. The van der Waals surface area contributed by atoms with E-state index in [2.05, 4.69) is 22.1 Å². The summed E-state index contributed by atoms with van der Waals surface area (Å²) in [5, 5.41) is 8.59. The fraction of sp³-hybridized carbons (Fsp3) is 0.385. The quantitative estimate of drug-likeness (QED) is 0.708. The second-order valence-corrected chi connectivity index (χ2v) is 3.10.